The van der Waals surface area contributed by atoms with E-state index in [1.54, 1.807) is 19.0 Å². The Morgan fingerprint density at radius 2 is 1.73 bits per heavy atom. The number of amides is 2. The molecule has 0 aromatic carbocycles. The highest BCUT2D eigenvalue weighted by molar-refractivity contribution is 5.87. The normalized spacial score (nSPS) is 35.0. The molecule has 0 aliphatic heterocycles. The third-order valence-corrected chi connectivity index (χ3v) is 12.3. The van der Waals surface area contributed by atoms with Crippen LogP contribution in [-0.4, -0.2) is 61.4 Å². The van der Waals surface area contributed by atoms with E-state index in [4.69, 9.17) is 4.74 Å². The SMILES string of the molecule is CC(C)CCC[C@@H](C)[C@H]1CC[C@H]2[C@@H]3CC=C4C[C@@H](OC(=O)N(C)CCN(C)C(=O)CC=O)CC[C@]4(C)[C@H]3CC[C@]12C. The molecule has 41 heavy (non-hydrogen) atoms. The van der Waals surface area contributed by atoms with Gasteiger partial charge in [-0.1, -0.05) is 65.5 Å². The third kappa shape index (κ3) is 6.72. The lowest BCUT2D eigenvalue weighted by Crippen LogP contribution is -2.51. The zero-order valence-corrected chi connectivity index (χ0v) is 27.1. The molecule has 0 heterocycles. The molecule has 4 rings (SSSR count). The second-order valence-electron chi connectivity index (χ2n) is 15.1. The summed E-state index contributed by atoms with van der Waals surface area (Å²) in [5, 5.41) is 0. The highest BCUT2D eigenvalue weighted by Gasteiger charge is 2.59. The molecule has 3 fully saturated rings. The molecule has 0 saturated heterocycles. The Bertz CT molecular complexity index is 977. The van der Waals surface area contributed by atoms with Crippen LogP contribution in [0.1, 0.15) is 112 Å². The predicted octanol–water partition coefficient (Wildman–Crippen LogP) is 7.51. The lowest BCUT2D eigenvalue weighted by atomic mass is 9.47. The Morgan fingerprint density at radius 3 is 2.44 bits per heavy atom. The first-order valence-electron chi connectivity index (χ1n) is 16.7. The van der Waals surface area contributed by atoms with Crippen molar-refractivity contribution in [2.24, 2.45) is 46.3 Å². The van der Waals surface area contributed by atoms with Crippen molar-refractivity contribution in [1.82, 2.24) is 9.80 Å². The van der Waals surface area contributed by atoms with E-state index >= 15 is 0 Å². The fourth-order valence-corrected chi connectivity index (χ4v) is 9.73. The summed E-state index contributed by atoms with van der Waals surface area (Å²) in [5.74, 6) is 4.72. The highest BCUT2D eigenvalue weighted by atomic mass is 16.6. The van der Waals surface area contributed by atoms with Gasteiger partial charge in [-0.05, 0) is 91.3 Å². The van der Waals surface area contributed by atoms with E-state index in [9.17, 15) is 14.4 Å². The summed E-state index contributed by atoms with van der Waals surface area (Å²) in [5.41, 5.74) is 2.27. The van der Waals surface area contributed by atoms with Gasteiger partial charge in [0, 0.05) is 33.6 Å². The van der Waals surface area contributed by atoms with Gasteiger partial charge in [0.2, 0.25) is 5.91 Å². The van der Waals surface area contributed by atoms with Crippen molar-refractivity contribution in [2.75, 3.05) is 27.2 Å². The number of carbonyl (C=O) groups is 3. The number of rotatable bonds is 11. The van der Waals surface area contributed by atoms with Crippen LogP contribution in [0, 0.1) is 46.3 Å². The third-order valence-electron chi connectivity index (χ3n) is 12.3. The van der Waals surface area contributed by atoms with E-state index in [1.807, 2.05) is 0 Å². The van der Waals surface area contributed by atoms with Crippen molar-refractivity contribution < 1.29 is 19.1 Å². The largest absolute Gasteiger partial charge is 0.446 e. The van der Waals surface area contributed by atoms with E-state index in [0.717, 1.165) is 54.8 Å². The van der Waals surface area contributed by atoms with Crippen LogP contribution in [0.4, 0.5) is 4.79 Å². The van der Waals surface area contributed by atoms with Crippen LogP contribution in [-0.2, 0) is 14.3 Å². The Balaban J connectivity index is 1.33. The molecule has 3 saturated carbocycles. The molecule has 0 bridgehead atoms. The Kier molecular flexibility index (Phi) is 10.3. The van der Waals surface area contributed by atoms with Gasteiger partial charge in [0.05, 0.1) is 6.42 Å². The number of hydrogen-bond acceptors (Lipinski definition) is 4. The molecular formula is C35H58N2O4. The molecule has 6 heteroatoms. The van der Waals surface area contributed by atoms with Gasteiger partial charge in [0.25, 0.3) is 0 Å². The van der Waals surface area contributed by atoms with Crippen LogP contribution in [0.15, 0.2) is 11.6 Å². The summed E-state index contributed by atoms with van der Waals surface area (Å²) in [6.07, 6.45) is 16.4. The maximum absolute atomic E-state index is 12.9. The van der Waals surface area contributed by atoms with Crippen molar-refractivity contribution in [3.05, 3.63) is 11.6 Å². The first-order chi connectivity index (χ1) is 19.4. The van der Waals surface area contributed by atoms with Gasteiger partial charge in [-0.25, -0.2) is 4.79 Å². The average Bonchev–Trinajstić information content (AvgIpc) is 3.28. The van der Waals surface area contributed by atoms with Crippen LogP contribution >= 0.6 is 0 Å². The Morgan fingerprint density at radius 1 is 1.00 bits per heavy atom. The van der Waals surface area contributed by atoms with E-state index in [0.29, 0.717) is 24.8 Å². The van der Waals surface area contributed by atoms with Crippen molar-refractivity contribution >= 4 is 18.3 Å². The topological polar surface area (TPSA) is 66.9 Å². The molecule has 0 spiro atoms. The fourth-order valence-electron chi connectivity index (χ4n) is 9.73. The Hall–Kier alpha value is -1.85. The minimum absolute atomic E-state index is 0.0772. The predicted molar refractivity (Wildman–Crippen MR) is 164 cm³/mol. The first-order valence-corrected chi connectivity index (χ1v) is 16.7. The number of allylic oxidation sites excluding steroid dienone is 1. The minimum Gasteiger partial charge on any atom is -0.446 e. The van der Waals surface area contributed by atoms with Crippen LogP contribution in [0.5, 0.6) is 0 Å². The Labute approximate surface area is 250 Å². The van der Waals surface area contributed by atoms with Gasteiger partial charge >= 0.3 is 6.09 Å². The molecule has 4 aliphatic carbocycles. The molecule has 0 N–H and O–H groups in total. The van der Waals surface area contributed by atoms with Crippen LogP contribution in [0.25, 0.3) is 0 Å². The summed E-state index contributed by atoms with van der Waals surface area (Å²) in [4.78, 5) is 38.3. The van der Waals surface area contributed by atoms with Gasteiger partial charge in [-0.2, -0.15) is 0 Å². The van der Waals surface area contributed by atoms with E-state index < -0.39 is 0 Å². The first kappa shape index (κ1) is 32.1. The summed E-state index contributed by atoms with van der Waals surface area (Å²) in [6.45, 7) is 13.2. The summed E-state index contributed by atoms with van der Waals surface area (Å²) < 4.78 is 5.98. The average molecular weight is 571 g/mol. The van der Waals surface area contributed by atoms with Crippen molar-refractivity contribution in [2.45, 2.75) is 118 Å². The number of carbonyl (C=O) groups excluding carboxylic acids is 3. The zero-order valence-electron chi connectivity index (χ0n) is 27.1. The molecule has 0 aromatic rings. The van der Waals surface area contributed by atoms with Gasteiger partial charge in [0.15, 0.2) is 0 Å². The van der Waals surface area contributed by atoms with Gasteiger partial charge in [0.1, 0.15) is 12.4 Å². The monoisotopic (exact) mass is 570 g/mol. The molecule has 4 aliphatic rings. The number of fused-ring (bicyclic) bond motifs is 5. The lowest BCUT2D eigenvalue weighted by molar-refractivity contribution is -0.131. The molecule has 2 amide bonds. The zero-order chi connectivity index (χ0) is 29.9. The maximum atomic E-state index is 12.9. The van der Waals surface area contributed by atoms with Crippen LogP contribution in [0.3, 0.4) is 0 Å². The molecule has 232 valence electrons. The standard InChI is InChI=1S/C35H58N2O4/c1-24(2)9-8-10-25(3)29-13-14-30-28-12-11-26-23-27(15-18-34(26,4)31(28)16-19-35(29,30)5)41-33(40)37(7)21-20-36(6)32(39)17-22-38/h11,22,24-25,27-31H,8-10,12-21,23H2,1-7H3/t25-,27+,28+,29-,30+,31+,34+,35-/m1/s1. The number of hydrogen-bond donors (Lipinski definition) is 0. The van der Waals surface area contributed by atoms with Crippen LogP contribution in [0.2, 0.25) is 0 Å². The number of likely N-dealkylation sites (N-methyl/N-ethyl adjacent to an activating group) is 2. The molecule has 0 unspecified atom stereocenters. The van der Waals surface area contributed by atoms with E-state index in [-0.39, 0.29) is 29.9 Å². The van der Waals surface area contributed by atoms with E-state index in [1.165, 1.54) is 61.8 Å². The van der Waals surface area contributed by atoms with Gasteiger partial charge in [-0.15, -0.1) is 0 Å². The smallest absolute Gasteiger partial charge is 0.409 e. The molecular weight excluding hydrogens is 512 g/mol. The molecule has 6 nitrogen and oxygen atoms in total. The summed E-state index contributed by atoms with van der Waals surface area (Å²) in [6, 6.07) is 0. The van der Waals surface area contributed by atoms with Crippen molar-refractivity contribution in [3.63, 3.8) is 0 Å². The quantitative estimate of drug-likeness (QED) is 0.146. The number of nitrogens with zero attached hydrogens (tertiary/aromatic N) is 2. The van der Waals surface area contributed by atoms with E-state index in [2.05, 4.69) is 40.7 Å². The lowest BCUT2D eigenvalue weighted by Gasteiger charge is -2.58. The number of ether oxygens (including phenoxy) is 1. The molecule has 0 radical (unpaired) electrons. The maximum Gasteiger partial charge on any atom is 0.409 e. The molecule has 0 aromatic heterocycles. The minimum atomic E-state index is -0.322. The van der Waals surface area contributed by atoms with Gasteiger partial charge in [-0.3, -0.25) is 4.79 Å². The summed E-state index contributed by atoms with van der Waals surface area (Å²) in [7, 11) is 3.38. The fraction of sp³-hybridized carbons (Fsp3) is 0.857. The summed E-state index contributed by atoms with van der Waals surface area (Å²) >= 11 is 0. The van der Waals surface area contributed by atoms with Crippen LogP contribution < -0.4 is 0 Å². The van der Waals surface area contributed by atoms with Gasteiger partial charge < -0.3 is 19.3 Å². The second-order valence-corrected chi connectivity index (χ2v) is 15.1. The van der Waals surface area contributed by atoms with Crippen molar-refractivity contribution in [1.29, 1.82) is 0 Å². The second kappa shape index (κ2) is 13.2. The van der Waals surface area contributed by atoms with Crippen molar-refractivity contribution in [3.8, 4) is 0 Å². The highest BCUT2D eigenvalue weighted by Crippen LogP contribution is 2.67. The number of aldehydes is 1. The molecule has 8 atom stereocenters.